The first-order valence-electron chi connectivity index (χ1n) is 5.95. The molecule has 3 nitrogen and oxygen atoms in total. The molecule has 1 aliphatic heterocycles. The summed E-state index contributed by atoms with van der Waals surface area (Å²) in [5, 5.41) is 3.37. The maximum absolute atomic E-state index is 11.0. The standard InChI is InChI=1S/C11H15NO2S.C2H6/c1-7-11(2,3)9-6-8(15(13)14)4-5-10(9)12-7;1-2/h4-7,12H,1-3H3,(H,13,14);1-2H3. The Kier molecular flexibility index (Phi) is 4.33. The van der Waals surface area contributed by atoms with Gasteiger partial charge in [0.2, 0.25) is 0 Å². The monoisotopic (exact) mass is 255 g/mol. The fourth-order valence-corrected chi connectivity index (χ4v) is 2.34. The molecule has 0 bridgehead atoms. The summed E-state index contributed by atoms with van der Waals surface area (Å²) in [5.74, 6) is 0. The molecule has 0 aromatic heterocycles. The minimum Gasteiger partial charge on any atom is -0.381 e. The third kappa shape index (κ3) is 2.53. The van der Waals surface area contributed by atoms with E-state index in [1.54, 1.807) is 6.07 Å². The van der Waals surface area contributed by atoms with E-state index in [0.717, 1.165) is 11.3 Å². The third-order valence-corrected chi connectivity index (χ3v) is 4.00. The van der Waals surface area contributed by atoms with Crippen LogP contribution in [0.1, 0.15) is 40.2 Å². The Morgan fingerprint density at radius 2 is 1.94 bits per heavy atom. The average Bonchev–Trinajstić information content (AvgIpc) is 2.52. The summed E-state index contributed by atoms with van der Waals surface area (Å²) in [4.78, 5) is 0.470. The molecular formula is C13H21NO2S. The van der Waals surface area contributed by atoms with Crippen LogP contribution in [0.4, 0.5) is 5.69 Å². The maximum Gasteiger partial charge on any atom is 0.186 e. The van der Waals surface area contributed by atoms with E-state index < -0.39 is 11.1 Å². The summed E-state index contributed by atoms with van der Waals surface area (Å²) in [7, 11) is 0. The number of fused-ring (bicyclic) bond motifs is 1. The van der Waals surface area contributed by atoms with Crippen LogP contribution in [0.5, 0.6) is 0 Å². The predicted octanol–water partition coefficient (Wildman–Crippen LogP) is 3.39. The number of hydrogen-bond donors (Lipinski definition) is 2. The maximum atomic E-state index is 11.0. The summed E-state index contributed by atoms with van der Waals surface area (Å²) in [6.45, 7) is 10.4. The van der Waals surface area contributed by atoms with Crippen molar-refractivity contribution < 1.29 is 8.76 Å². The molecule has 2 N–H and O–H groups in total. The topological polar surface area (TPSA) is 49.3 Å². The van der Waals surface area contributed by atoms with E-state index in [1.807, 2.05) is 26.0 Å². The fraction of sp³-hybridized carbons (Fsp3) is 0.538. The molecule has 1 heterocycles. The van der Waals surface area contributed by atoms with E-state index in [9.17, 15) is 4.21 Å². The van der Waals surface area contributed by atoms with Crippen LogP contribution < -0.4 is 5.32 Å². The first-order valence-corrected chi connectivity index (χ1v) is 7.05. The van der Waals surface area contributed by atoms with Gasteiger partial charge in [-0.15, -0.1) is 0 Å². The Hall–Kier alpha value is -0.870. The minimum absolute atomic E-state index is 0.00468. The van der Waals surface area contributed by atoms with Gasteiger partial charge in [0.1, 0.15) is 0 Å². The summed E-state index contributed by atoms with van der Waals surface area (Å²) < 4.78 is 20.0. The Labute approximate surface area is 106 Å². The summed E-state index contributed by atoms with van der Waals surface area (Å²) in [5.41, 5.74) is 2.20. The molecule has 1 aromatic rings. The molecule has 1 aromatic carbocycles. The highest BCUT2D eigenvalue weighted by molar-refractivity contribution is 7.79. The Morgan fingerprint density at radius 1 is 1.35 bits per heavy atom. The summed E-state index contributed by atoms with van der Waals surface area (Å²) in [6, 6.07) is 5.73. The van der Waals surface area contributed by atoms with Crippen LogP contribution in [0.2, 0.25) is 0 Å². The lowest BCUT2D eigenvalue weighted by Crippen LogP contribution is -2.29. The Balaban J connectivity index is 0.000000686. The van der Waals surface area contributed by atoms with Crippen LogP contribution in [0.15, 0.2) is 23.1 Å². The van der Waals surface area contributed by atoms with E-state index in [0.29, 0.717) is 10.9 Å². The number of nitrogens with one attached hydrogen (secondary N) is 1. The van der Waals surface area contributed by atoms with Gasteiger partial charge in [0.15, 0.2) is 11.1 Å². The van der Waals surface area contributed by atoms with Crippen molar-refractivity contribution >= 4 is 16.8 Å². The Bertz CT molecular complexity index is 429. The summed E-state index contributed by atoms with van der Waals surface area (Å²) in [6.07, 6.45) is 0. The third-order valence-electron chi connectivity index (χ3n) is 3.34. The highest BCUT2D eigenvalue weighted by Gasteiger charge is 2.36. The number of hydrogen-bond acceptors (Lipinski definition) is 2. The summed E-state index contributed by atoms with van der Waals surface area (Å²) >= 11 is -1.89. The molecule has 2 unspecified atom stereocenters. The van der Waals surface area contributed by atoms with Crippen LogP contribution in [0, 0.1) is 0 Å². The lowest BCUT2D eigenvalue weighted by Gasteiger charge is -2.24. The second-order valence-electron chi connectivity index (χ2n) is 4.54. The number of benzene rings is 1. The van der Waals surface area contributed by atoms with Gasteiger partial charge in [0.25, 0.3) is 0 Å². The lowest BCUT2D eigenvalue weighted by atomic mass is 9.81. The molecule has 2 atom stereocenters. The molecule has 0 fully saturated rings. The zero-order valence-electron chi connectivity index (χ0n) is 11.1. The van der Waals surface area contributed by atoms with Crippen molar-refractivity contribution in [3.05, 3.63) is 23.8 Å². The lowest BCUT2D eigenvalue weighted by molar-refractivity contribution is 0.485. The highest BCUT2D eigenvalue weighted by atomic mass is 32.2. The van der Waals surface area contributed by atoms with Gasteiger partial charge >= 0.3 is 0 Å². The van der Waals surface area contributed by atoms with Gasteiger partial charge in [-0.05, 0) is 30.7 Å². The smallest absolute Gasteiger partial charge is 0.186 e. The molecule has 0 amide bonds. The first kappa shape index (κ1) is 14.2. The zero-order chi connectivity index (χ0) is 13.2. The van der Waals surface area contributed by atoms with Crippen LogP contribution in [-0.2, 0) is 16.5 Å². The van der Waals surface area contributed by atoms with Gasteiger partial charge in [-0.25, -0.2) is 4.21 Å². The molecule has 0 spiro atoms. The second kappa shape index (κ2) is 5.19. The molecule has 17 heavy (non-hydrogen) atoms. The van der Waals surface area contributed by atoms with Gasteiger partial charge < -0.3 is 9.87 Å². The van der Waals surface area contributed by atoms with Crippen molar-refractivity contribution in [1.82, 2.24) is 0 Å². The van der Waals surface area contributed by atoms with E-state index in [2.05, 4.69) is 26.1 Å². The van der Waals surface area contributed by atoms with Crippen molar-refractivity contribution in [2.24, 2.45) is 0 Å². The molecule has 1 aliphatic rings. The predicted molar refractivity (Wildman–Crippen MR) is 72.9 cm³/mol. The first-order chi connectivity index (χ1) is 7.93. The van der Waals surface area contributed by atoms with Crippen molar-refractivity contribution in [2.45, 2.75) is 51.0 Å². The van der Waals surface area contributed by atoms with Crippen LogP contribution >= 0.6 is 0 Å². The van der Waals surface area contributed by atoms with Crippen LogP contribution in [-0.4, -0.2) is 14.8 Å². The molecule has 96 valence electrons. The molecule has 2 rings (SSSR count). The SMILES string of the molecule is CC.CC1Nc2ccc(S(=O)O)cc2C1(C)C. The van der Waals surface area contributed by atoms with Crippen molar-refractivity contribution in [2.75, 3.05) is 5.32 Å². The van der Waals surface area contributed by atoms with Crippen molar-refractivity contribution in [3.63, 3.8) is 0 Å². The largest absolute Gasteiger partial charge is 0.381 e. The van der Waals surface area contributed by atoms with Gasteiger partial charge in [0.05, 0.1) is 4.90 Å². The highest BCUT2D eigenvalue weighted by Crippen LogP contribution is 2.41. The normalized spacial score (nSPS) is 21.9. The molecule has 0 radical (unpaired) electrons. The molecular weight excluding hydrogens is 234 g/mol. The van der Waals surface area contributed by atoms with Crippen LogP contribution in [0.25, 0.3) is 0 Å². The van der Waals surface area contributed by atoms with Gasteiger partial charge in [0, 0.05) is 17.1 Å². The quantitative estimate of drug-likeness (QED) is 0.756. The zero-order valence-corrected chi connectivity index (χ0v) is 11.9. The van der Waals surface area contributed by atoms with Gasteiger partial charge in [-0.2, -0.15) is 0 Å². The fourth-order valence-electron chi connectivity index (χ4n) is 1.94. The molecule has 0 aliphatic carbocycles. The van der Waals surface area contributed by atoms with E-state index in [1.165, 1.54) is 0 Å². The average molecular weight is 255 g/mol. The molecule has 4 heteroatoms. The van der Waals surface area contributed by atoms with Crippen LogP contribution in [0.3, 0.4) is 0 Å². The molecule has 0 saturated heterocycles. The van der Waals surface area contributed by atoms with E-state index >= 15 is 0 Å². The second-order valence-corrected chi connectivity index (χ2v) is 5.51. The van der Waals surface area contributed by atoms with Crippen molar-refractivity contribution in [3.8, 4) is 0 Å². The van der Waals surface area contributed by atoms with E-state index in [-0.39, 0.29) is 5.41 Å². The van der Waals surface area contributed by atoms with Gasteiger partial charge in [-0.3, -0.25) is 0 Å². The number of rotatable bonds is 1. The molecule has 0 saturated carbocycles. The number of anilines is 1. The van der Waals surface area contributed by atoms with Gasteiger partial charge in [-0.1, -0.05) is 27.7 Å². The Morgan fingerprint density at radius 3 is 2.47 bits per heavy atom. The van der Waals surface area contributed by atoms with E-state index in [4.69, 9.17) is 4.55 Å². The minimum atomic E-state index is -1.89. The van der Waals surface area contributed by atoms with Crippen molar-refractivity contribution in [1.29, 1.82) is 0 Å².